The summed E-state index contributed by atoms with van der Waals surface area (Å²) >= 11 is 0. The lowest BCUT2D eigenvalue weighted by atomic mass is 9.88. The predicted octanol–water partition coefficient (Wildman–Crippen LogP) is 2.97. The maximum atomic E-state index is 12.9. The smallest absolute Gasteiger partial charge is 0.254 e. The molecule has 29 heavy (non-hydrogen) atoms. The van der Waals surface area contributed by atoms with Gasteiger partial charge in [-0.15, -0.1) is 0 Å². The number of nitrogens with zero attached hydrogens (tertiary/aromatic N) is 3. The van der Waals surface area contributed by atoms with E-state index in [1.54, 1.807) is 0 Å². The summed E-state index contributed by atoms with van der Waals surface area (Å²) in [5.41, 5.74) is 1.92. The summed E-state index contributed by atoms with van der Waals surface area (Å²) in [7, 11) is 0. The first kappa shape index (κ1) is 19.3. The van der Waals surface area contributed by atoms with Gasteiger partial charge in [-0.2, -0.15) is 0 Å². The SMILES string of the molecule is O=C(C1CCCCC1)N1CC[C@@H](c2nc3c(c(=O)[nH]2)CCN(C2CCCC2)C3)C1. The second-order valence-electron chi connectivity index (χ2n) is 9.64. The molecule has 1 saturated heterocycles. The minimum absolute atomic E-state index is 0.0492. The molecule has 6 nitrogen and oxygen atoms in total. The van der Waals surface area contributed by atoms with Crippen LogP contribution in [0, 0.1) is 5.92 Å². The van der Waals surface area contributed by atoms with Gasteiger partial charge >= 0.3 is 0 Å². The molecule has 0 unspecified atom stereocenters. The first-order valence-electron chi connectivity index (χ1n) is 11.8. The molecule has 0 radical (unpaired) electrons. The van der Waals surface area contributed by atoms with Crippen LogP contribution in [0.25, 0.3) is 0 Å². The number of aromatic nitrogens is 2. The van der Waals surface area contributed by atoms with Crippen molar-refractivity contribution in [2.45, 2.75) is 89.1 Å². The Morgan fingerprint density at radius 1 is 0.966 bits per heavy atom. The van der Waals surface area contributed by atoms with Gasteiger partial charge < -0.3 is 9.88 Å². The average molecular weight is 399 g/mol. The Morgan fingerprint density at radius 3 is 2.52 bits per heavy atom. The molecule has 1 atom stereocenters. The maximum absolute atomic E-state index is 12.9. The number of rotatable bonds is 3. The number of nitrogens with one attached hydrogen (secondary N) is 1. The molecule has 2 aliphatic carbocycles. The van der Waals surface area contributed by atoms with Crippen LogP contribution in [0.3, 0.4) is 0 Å². The summed E-state index contributed by atoms with van der Waals surface area (Å²) in [6.45, 7) is 3.31. The van der Waals surface area contributed by atoms with Crippen LogP contribution in [0.2, 0.25) is 0 Å². The minimum Gasteiger partial charge on any atom is -0.342 e. The van der Waals surface area contributed by atoms with Crippen molar-refractivity contribution in [1.29, 1.82) is 0 Å². The summed E-state index contributed by atoms with van der Waals surface area (Å²) in [6, 6.07) is 0.669. The summed E-state index contributed by atoms with van der Waals surface area (Å²) in [6.07, 6.45) is 12.7. The Balaban J connectivity index is 1.29. The normalized spacial score (nSPS) is 26.8. The largest absolute Gasteiger partial charge is 0.342 e. The predicted molar refractivity (Wildman–Crippen MR) is 112 cm³/mol. The maximum Gasteiger partial charge on any atom is 0.254 e. The zero-order valence-corrected chi connectivity index (χ0v) is 17.5. The van der Waals surface area contributed by atoms with Crippen LogP contribution >= 0.6 is 0 Å². The van der Waals surface area contributed by atoms with Crippen molar-refractivity contribution in [2.24, 2.45) is 5.92 Å². The molecule has 1 amide bonds. The first-order valence-corrected chi connectivity index (χ1v) is 11.8. The Labute approximate surface area is 173 Å². The fourth-order valence-electron chi connectivity index (χ4n) is 6.04. The molecule has 1 N–H and O–H groups in total. The van der Waals surface area contributed by atoms with Crippen LogP contribution in [-0.2, 0) is 17.8 Å². The summed E-state index contributed by atoms with van der Waals surface area (Å²) < 4.78 is 0. The monoisotopic (exact) mass is 398 g/mol. The molecule has 0 spiro atoms. The lowest BCUT2D eigenvalue weighted by Crippen LogP contribution is -2.41. The molecule has 2 saturated carbocycles. The van der Waals surface area contributed by atoms with Crippen molar-refractivity contribution in [1.82, 2.24) is 19.8 Å². The molecule has 6 heteroatoms. The number of carbonyl (C=O) groups excluding carboxylic acids is 1. The number of amides is 1. The second-order valence-corrected chi connectivity index (χ2v) is 9.64. The lowest BCUT2D eigenvalue weighted by molar-refractivity contribution is -0.135. The zero-order chi connectivity index (χ0) is 19.8. The van der Waals surface area contributed by atoms with E-state index >= 15 is 0 Å². The van der Waals surface area contributed by atoms with E-state index in [2.05, 4.69) is 9.88 Å². The number of aromatic amines is 1. The molecular formula is C23H34N4O2. The highest BCUT2D eigenvalue weighted by Crippen LogP contribution is 2.31. The second kappa shape index (κ2) is 8.21. The molecule has 0 aromatic carbocycles. The van der Waals surface area contributed by atoms with Gasteiger partial charge in [0.1, 0.15) is 5.82 Å². The van der Waals surface area contributed by atoms with E-state index < -0.39 is 0 Å². The number of hydrogen-bond donors (Lipinski definition) is 1. The molecule has 158 valence electrons. The highest BCUT2D eigenvalue weighted by atomic mass is 16.2. The van der Waals surface area contributed by atoms with Gasteiger partial charge in [-0.05, 0) is 38.5 Å². The fraction of sp³-hybridized carbons (Fsp3) is 0.783. The number of hydrogen-bond acceptors (Lipinski definition) is 4. The highest BCUT2D eigenvalue weighted by Gasteiger charge is 2.34. The van der Waals surface area contributed by atoms with Crippen molar-refractivity contribution in [2.75, 3.05) is 19.6 Å². The molecular weight excluding hydrogens is 364 g/mol. The van der Waals surface area contributed by atoms with Crippen molar-refractivity contribution in [3.63, 3.8) is 0 Å². The minimum atomic E-state index is 0.0492. The van der Waals surface area contributed by atoms with Crippen molar-refractivity contribution < 1.29 is 4.79 Å². The van der Waals surface area contributed by atoms with Crippen molar-refractivity contribution in [3.05, 3.63) is 27.4 Å². The van der Waals surface area contributed by atoms with Crippen molar-refractivity contribution >= 4 is 5.91 Å². The fourth-order valence-corrected chi connectivity index (χ4v) is 6.04. The Bertz CT molecular complexity index is 808. The molecule has 3 heterocycles. The molecule has 3 fully saturated rings. The third kappa shape index (κ3) is 3.88. The summed E-state index contributed by atoms with van der Waals surface area (Å²) in [5.74, 6) is 1.53. The standard InChI is InChI=1S/C23H34N4O2/c28-22-19-11-13-26(18-8-4-5-9-18)15-20(19)24-21(25-22)17-10-12-27(14-17)23(29)16-6-2-1-3-7-16/h16-18H,1-15H2,(H,24,25,28)/t17-/m1/s1. The molecule has 1 aromatic rings. The molecule has 0 bridgehead atoms. The molecule has 2 aliphatic heterocycles. The van der Waals surface area contributed by atoms with Crippen LogP contribution in [0.5, 0.6) is 0 Å². The van der Waals surface area contributed by atoms with Crippen LogP contribution < -0.4 is 5.56 Å². The van der Waals surface area contributed by atoms with Crippen LogP contribution in [-0.4, -0.2) is 51.4 Å². The van der Waals surface area contributed by atoms with Crippen molar-refractivity contribution in [3.8, 4) is 0 Å². The van der Waals surface area contributed by atoms with Gasteiger partial charge in [0.2, 0.25) is 5.91 Å². The quantitative estimate of drug-likeness (QED) is 0.850. The van der Waals surface area contributed by atoms with E-state index in [4.69, 9.17) is 4.98 Å². The molecule has 1 aromatic heterocycles. The first-order chi connectivity index (χ1) is 14.2. The number of H-pyrrole nitrogens is 1. The van der Waals surface area contributed by atoms with E-state index in [1.165, 1.54) is 44.9 Å². The Hall–Kier alpha value is -1.69. The third-order valence-electron chi connectivity index (χ3n) is 7.80. The molecule has 4 aliphatic rings. The molecule has 5 rings (SSSR count). The van der Waals surface area contributed by atoms with Gasteiger partial charge in [-0.3, -0.25) is 14.5 Å². The van der Waals surface area contributed by atoms with Gasteiger partial charge in [0.25, 0.3) is 5.56 Å². The Morgan fingerprint density at radius 2 is 1.72 bits per heavy atom. The summed E-state index contributed by atoms with van der Waals surface area (Å²) in [4.78, 5) is 38.2. The van der Waals surface area contributed by atoms with Gasteiger partial charge in [0.05, 0.1) is 5.69 Å². The van der Waals surface area contributed by atoms with E-state index in [0.29, 0.717) is 18.5 Å². The highest BCUT2D eigenvalue weighted by molar-refractivity contribution is 5.79. The number of carbonyl (C=O) groups is 1. The number of fused-ring (bicyclic) bond motifs is 1. The average Bonchev–Trinajstić information content (AvgIpc) is 3.46. The van der Waals surface area contributed by atoms with Crippen LogP contribution in [0.15, 0.2) is 4.79 Å². The van der Waals surface area contributed by atoms with E-state index in [9.17, 15) is 9.59 Å². The van der Waals surface area contributed by atoms with Crippen LogP contribution in [0.1, 0.15) is 87.2 Å². The summed E-state index contributed by atoms with van der Waals surface area (Å²) in [5, 5.41) is 0. The van der Waals surface area contributed by atoms with Gasteiger partial charge in [0, 0.05) is 49.6 Å². The van der Waals surface area contributed by atoms with E-state index in [0.717, 1.165) is 62.4 Å². The zero-order valence-electron chi connectivity index (χ0n) is 17.5. The lowest BCUT2D eigenvalue weighted by Gasteiger charge is -2.32. The van der Waals surface area contributed by atoms with E-state index in [1.807, 2.05) is 4.90 Å². The third-order valence-corrected chi connectivity index (χ3v) is 7.80. The van der Waals surface area contributed by atoms with Gasteiger partial charge in [-0.25, -0.2) is 4.98 Å². The Kier molecular flexibility index (Phi) is 5.46. The van der Waals surface area contributed by atoms with Gasteiger partial charge in [-0.1, -0.05) is 32.1 Å². The topological polar surface area (TPSA) is 69.3 Å². The van der Waals surface area contributed by atoms with Crippen LogP contribution in [0.4, 0.5) is 0 Å². The van der Waals surface area contributed by atoms with E-state index in [-0.39, 0.29) is 17.4 Å². The van der Waals surface area contributed by atoms with Gasteiger partial charge in [0.15, 0.2) is 0 Å². The number of likely N-dealkylation sites (tertiary alicyclic amines) is 1.